The fourth-order valence-electron chi connectivity index (χ4n) is 5.69. The maximum atomic E-state index is 13.3. The van der Waals surface area contributed by atoms with Gasteiger partial charge in [0.1, 0.15) is 11.5 Å². The molecule has 8 heteroatoms. The first kappa shape index (κ1) is 31.3. The number of amides is 1. The molecule has 6 rings (SSSR count). The molecule has 1 N–H and O–H groups in total. The van der Waals surface area contributed by atoms with Crippen LogP contribution in [0, 0.1) is 0 Å². The molecule has 2 heterocycles. The van der Waals surface area contributed by atoms with E-state index in [1.165, 1.54) is 5.56 Å². The number of carbonyl (C=O) groups excluding carboxylic acids is 1. The molecule has 1 amide bonds. The van der Waals surface area contributed by atoms with Crippen LogP contribution >= 0.6 is 0 Å². The van der Waals surface area contributed by atoms with Crippen molar-refractivity contribution in [2.75, 3.05) is 51.9 Å². The molecule has 4 aromatic carbocycles. The molecule has 0 atom stereocenters. The molecule has 5 aromatic rings. The largest absolute Gasteiger partial charge is 0.493 e. The number of hydrogen-bond acceptors (Lipinski definition) is 7. The minimum Gasteiger partial charge on any atom is -0.493 e. The fraction of sp³-hybridized carbons (Fsp3) is 0.316. The van der Waals surface area contributed by atoms with E-state index in [1.807, 2.05) is 66.7 Å². The van der Waals surface area contributed by atoms with E-state index in [0.29, 0.717) is 35.2 Å². The number of methoxy groups -OCH3 is 1. The molecule has 0 unspecified atom stereocenters. The van der Waals surface area contributed by atoms with Crippen LogP contribution in [0.4, 0.5) is 5.69 Å². The van der Waals surface area contributed by atoms with Gasteiger partial charge < -0.3 is 24.3 Å². The summed E-state index contributed by atoms with van der Waals surface area (Å²) < 4.78 is 23.6. The van der Waals surface area contributed by atoms with Crippen molar-refractivity contribution in [3.05, 3.63) is 96.2 Å². The molecule has 1 saturated heterocycles. The van der Waals surface area contributed by atoms with Crippen molar-refractivity contribution < 1.29 is 23.7 Å². The van der Waals surface area contributed by atoms with E-state index in [4.69, 9.17) is 18.9 Å². The van der Waals surface area contributed by atoms with Gasteiger partial charge in [0.05, 0.1) is 32.4 Å². The summed E-state index contributed by atoms with van der Waals surface area (Å²) in [4.78, 5) is 20.3. The summed E-state index contributed by atoms with van der Waals surface area (Å²) in [6.45, 7) is 11.6. The first-order valence-electron chi connectivity index (χ1n) is 15.8. The third-order valence-corrected chi connectivity index (χ3v) is 8.30. The predicted molar refractivity (Wildman–Crippen MR) is 183 cm³/mol. The monoisotopic (exact) mass is 619 g/mol. The maximum absolute atomic E-state index is 13.3. The van der Waals surface area contributed by atoms with Crippen LogP contribution < -0.4 is 19.5 Å². The summed E-state index contributed by atoms with van der Waals surface area (Å²) >= 11 is 0. The van der Waals surface area contributed by atoms with Gasteiger partial charge in [-0.2, -0.15) is 0 Å². The first-order valence-corrected chi connectivity index (χ1v) is 15.8. The molecule has 0 radical (unpaired) electrons. The zero-order chi connectivity index (χ0) is 32.1. The van der Waals surface area contributed by atoms with Crippen LogP contribution in [-0.2, 0) is 10.2 Å². The smallest absolute Gasteiger partial charge is 0.256 e. The molecule has 0 spiro atoms. The van der Waals surface area contributed by atoms with Crippen molar-refractivity contribution in [2.45, 2.75) is 32.6 Å². The highest BCUT2D eigenvalue weighted by Gasteiger charge is 2.16. The average molecular weight is 620 g/mol. The van der Waals surface area contributed by atoms with Crippen LogP contribution in [0.3, 0.4) is 0 Å². The third kappa shape index (κ3) is 7.25. The zero-order valence-corrected chi connectivity index (χ0v) is 27.0. The molecule has 46 heavy (non-hydrogen) atoms. The zero-order valence-electron chi connectivity index (χ0n) is 27.0. The van der Waals surface area contributed by atoms with Gasteiger partial charge in [0, 0.05) is 48.5 Å². The molecule has 1 aromatic heterocycles. The number of hydrogen-bond donors (Lipinski definition) is 1. The lowest BCUT2D eigenvalue weighted by molar-refractivity contribution is 0.0357. The minimum atomic E-state index is -0.158. The number of aromatic nitrogens is 1. The Morgan fingerprint density at radius 1 is 0.913 bits per heavy atom. The summed E-state index contributed by atoms with van der Waals surface area (Å²) in [5.74, 6) is 2.42. The Labute approximate surface area is 270 Å². The number of rotatable bonds is 10. The number of nitrogens with one attached hydrogen (secondary N) is 1. The lowest BCUT2D eigenvalue weighted by Crippen LogP contribution is -2.37. The number of benzene rings is 4. The van der Waals surface area contributed by atoms with Crippen molar-refractivity contribution in [3.63, 3.8) is 0 Å². The second kappa shape index (κ2) is 13.8. The van der Waals surface area contributed by atoms with Gasteiger partial charge in [-0.05, 0) is 76.7 Å². The van der Waals surface area contributed by atoms with E-state index in [0.717, 1.165) is 66.6 Å². The summed E-state index contributed by atoms with van der Waals surface area (Å²) in [7, 11) is 1.64. The summed E-state index contributed by atoms with van der Waals surface area (Å²) in [5, 5.41) is 5.60. The maximum Gasteiger partial charge on any atom is 0.256 e. The molecular weight excluding hydrogens is 578 g/mol. The second-order valence-electron chi connectivity index (χ2n) is 12.6. The van der Waals surface area contributed by atoms with E-state index in [2.05, 4.69) is 48.1 Å². The van der Waals surface area contributed by atoms with Crippen molar-refractivity contribution in [3.8, 4) is 23.0 Å². The number of nitrogens with zero attached hydrogens (tertiary/aromatic N) is 2. The van der Waals surface area contributed by atoms with E-state index < -0.39 is 0 Å². The van der Waals surface area contributed by atoms with E-state index in [9.17, 15) is 4.79 Å². The number of fused-ring (bicyclic) bond motifs is 2. The number of anilines is 1. The Balaban J connectivity index is 1.17. The lowest BCUT2D eigenvalue weighted by Gasteiger charge is -2.26. The van der Waals surface area contributed by atoms with Gasteiger partial charge in [-0.25, -0.2) is 0 Å². The van der Waals surface area contributed by atoms with Gasteiger partial charge in [0.15, 0.2) is 11.5 Å². The van der Waals surface area contributed by atoms with Gasteiger partial charge in [-0.1, -0.05) is 45.0 Å². The van der Waals surface area contributed by atoms with Crippen molar-refractivity contribution in [1.82, 2.24) is 9.88 Å². The molecule has 8 nitrogen and oxygen atoms in total. The van der Waals surface area contributed by atoms with Crippen molar-refractivity contribution in [2.24, 2.45) is 0 Å². The first-order chi connectivity index (χ1) is 22.3. The molecule has 0 bridgehead atoms. The van der Waals surface area contributed by atoms with Crippen molar-refractivity contribution >= 4 is 33.3 Å². The van der Waals surface area contributed by atoms with Crippen LogP contribution in [0.5, 0.6) is 23.0 Å². The van der Waals surface area contributed by atoms with Gasteiger partial charge in [0.25, 0.3) is 5.91 Å². The van der Waals surface area contributed by atoms with Crippen LogP contribution in [0.15, 0.2) is 85.1 Å². The molecule has 1 fully saturated rings. The third-order valence-electron chi connectivity index (χ3n) is 8.30. The summed E-state index contributed by atoms with van der Waals surface area (Å²) in [5.41, 5.74) is 3.37. The normalized spacial score (nSPS) is 13.9. The predicted octanol–water partition coefficient (Wildman–Crippen LogP) is 7.84. The molecule has 0 aliphatic carbocycles. The van der Waals surface area contributed by atoms with E-state index in [-0.39, 0.29) is 11.3 Å². The van der Waals surface area contributed by atoms with E-state index >= 15 is 0 Å². The van der Waals surface area contributed by atoms with E-state index in [1.54, 1.807) is 13.3 Å². The Bertz CT molecular complexity index is 1830. The van der Waals surface area contributed by atoms with Crippen molar-refractivity contribution in [1.29, 1.82) is 0 Å². The minimum absolute atomic E-state index is 0.0487. The Hall–Kier alpha value is -4.66. The molecule has 1 aliphatic rings. The van der Waals surface area contributed by atoms with Crippen LogP contribution in [0.25, 0.3) is 21.7 Å². The van der Waals surface area contributed by atoms with Crippen LogP contribution in [-0.4, -0.2) is 62.4 Å². The Kier molecular flexibility index (Phi) is 9.38. The number of morpholine rings is 1. The van der Waals surface area contributed by atoms with Gasteiger partial charge >= 0.3 is 0 Å². The van der Waals surface area contributed by atoms with Gasteiger partial charge in [-0.3, -0.25) is 14.7 Å². The fourth-order valence-corrected chi connectivity index (χ4v) is 5.69. The molecule has 1 aliphatic heterocycles. The highest BCUT2D eigenvalue weighted by molar-refractivity contribution is 6.13. The standard InChI is InChI=1S/C38H41N3O5/c1-38(2,3)27-9-11-28(12-10-27)40-37(42)31-8-5-7-26-23-29(13-14-30(26)31)46-34-15-16-39-33-25-36(35(43-4)24-32(33)34)45-20-6-17-41-18-21-44-22-19-41/h5,7-16,23-25H,6,17-22H2,1-4H3,(H,40,42). The van der Waals surface area contributed by atoms with Crippen LogP contribution in [0.2, 0.25) is 0 Å². The van der Waals surface area contributed by atoms with Gasteiger partial charge in [0.2, 0.25) is 0 Å². The van der Waals surface area contributed by atoms with Crippen LogP contribution in [0.1, 0.15) is 43.1 Å². The average Bonchev–Trinajstić information content (AvgIpc) is 3.06. The Morgan fingerprint density at radius 2 is 1.72 bits per heavy atom. The summed E-state index contributed by atoms with van der Waals surface area (Å²) in [6.07, 6.45) is 2.64. The highest BCUT2D eigenvalue weighted by Crippen LogP contribution is 2.38. The highest BCUT2D eigenvalue weighted by atomic mass is 16.5. The molecule has 238 valence electrons. The summed E-state index contributed by atoms with van der Waals surface area (Å²) in [6, 6.07) is 25.1. The van der Waals surface area contributed by atoms with Gasteiger partial charge in [-0.15, -0.1) is 0 Å². The SMILES string of the molecule is COc1cc2c(Oc3ccc4c(C(=O)Nc5ccc(C(C)(C)C)cc5)cccc4c3)ccnc2cc1OCCCN1CCOCC1. The lowest BCUT2D eigenvalue weighted by atomic mass is 9.87. The second-order valence-corrected chi connectivity index (χ2v) is 12.6. The number of carbonyl (C=O) groups is 1. The molecule has 0 saturated carbocycles. The number of pyridine rings is 1. The Morgan fingerprint density at radius 3 is 2.48 bits per heavy atom. The number of ether oxygens (including phenoxy) is 4. The molecular formula is C38H41N3O5. The quantitative estimate of drug-likeness (QED) is 0.160. The topological polar surface area (TPSA) is 82.2 Å².